The third kappa shape index (κ3) is 2.76. The molecule has 1 N–H and O–H groups in total. The third-order valence-corrected chi connectivity index (χ3v) is 3.65. The quantitative estimate of drug-likeness (QED) is 0.809. The number of aliphatic hydroxyl groups is 1. The van der Waals surface area contributed by atoms with E-state index in [1.165, 1.54) is 0 Å². The van der Waals surface area contributed by atoms with E-state index in [1.54, 1.807) is 4.90 Å². The normalized spacial score (nSPS) is 19.4. The highest BCUT2D eigenvalue weighted by molar-refractivity contribution is 7.86. The van der Waals surface area contributed by atoms with Crippen molar-refractivity contribution < 1.29 is 17.4 Å². The Bertz CT molecular complexity index is 503. The molecule has 94 valence electrons. The van der Waals surface area contributed by atoms with Crippen LogP contribution in [0, 0.1) is 0 Å². The van der Waals surface area contributed by atoms with Gasteiger partial charge in [-0.2, -0.15) is 8.42 Å². The molecule has 2 rings (SSSR count). The van der Waals surface area contributed by atoms with Gasteiger partial charge in [-0.1, -0.05) is 18.2 Å². The van der Waals surface area contributed by atoms with Crippen LogP contribution in [0.3, 0.4) is 0 Å². The number of hydrogen-bond acceptors (Lipinski definition) is 4. The van der Waals surface area contributed by atoms with Gasteiger partial charge in [-0.25, -0.2) is 0 Å². The van der Waals surface area contributed by atoms with Crippen LogP contribution in [-0.4, -0.2) is 38.5 Å². The number of aliphatic hydroxyl groups excluding tert-OH is 1. The fourth-order valence-electron chi connectivity index (χ4n) is 2.20. The lowest BCUT2D eigenvalue weighted by molar-refractivity contribution is 0.263. The van der Waals surface area contributed by atoms with Crippen molar-refractivity contribution in [3.8, 4) is 0 Å². The molecular weight excluding hydrogens is 245 g/mol. The standard InChI is InChI=1S/C11H14FNO3S/c12-17(15,16)6-5-13-10(8-14)7-9-3-1-2-4-11(9)13/h1-4,10,14H,5-8H2. The van der Waals surface area contributed by atoms with E-state index in [-0.39, 0.29) is 19.2 Å². The summed E-state index contributed by atoms with van der Waals surface area (Å²) in [5.41, 5.74) is 1.94. The molecule has 0 amide bonds. The lowest BCUT2D eigenvalue weighted by Gasteiger charge is -2.25. The molecule has 1 aromatic carbocycles. The van der Waals surface area contributed by atoms with E-state index in [9.17, 15) is 17.4 Å². The highest BCUT2D eigenvalue weighted by Gasteiger charge is 2.29. The summed E-state index contributed by atoms with van der Waals surface area (Å²) in [5, 5.41) is 9.25. The van der Waals surface area contributed by atoms with Crippen LogP contribution in [0.5, 0.6) is 0 Å². The predicted molar refractivity (Wildman–Crippen MR) is 63.3 cm³/mol. The summed E-state index contributed by atoms with van der Waals surface area (Å²) in [6.07, 6.45) is 0.666. The van der Waals surface area contributed by atoms with Gasteiger partial charge in [-0.15, -0.1) is 3.89 Å². The number of benzene rings is 1. The van der Waals surface area contributed by atoms with Crippen LogP contribution in [0.2, 0.25) is 0 Å². The smallest absolute Gasteiger partial charge is 0.304 e. The van der Waals surface area contributed by atoms with E-state index < -0.39 is 16.0 Å². The number of halogens is 1. The number of hydrogen-bond donors (Lipinski definition) is 1. The largest absolute Gasteiger partial charge is 0.394 e. The molecule has 0 spiro atoms. The zero-order chi connectivity index (χ0) is 12.5. The first-order valence-electron chi connectivity index (χ1n) is 5.39. The van der Waals surface area contributed by atoms with Gasteiger partial charge in [0.15, 0.2) is 0 Å². The maximum absolute atomic E-state index is 12.5. The number of anilines is 1. The summed E-state index contributed by atoms with van der Waals surface area (Å²) in [6.45, 7) is 0.00207. The van der Waals surface area contributed by atoms with Crippen molar-refractivity contribution in [3.05, 3.63) is 29.8 Å². The second-order valence-corrected chi connectivity index (χ2v) is 5.59. The van der Waals surface area contributed by atoms with Crippen LogP contribution in [0.15, 0.2) is 24.3 Å². The molecule has 0 radical (unpaired) electrons. The molecule has 17 heavy (non-hydrogen) atoms. The molecule has 1 atom stereocenters. The van der Waals surface area contributed by atoms with Crippen molar-refractivity contribution in [2.75, 3.05) is 23.8 Å². The second kappa shape index (κ2) is 4.62. The van der Waals surface area contributed by atoms with Crippen LogP contribution in [0.4, 0.5) is 9.57 Å². The van der Waals surface area contributed by atoms with Crippen LogP contribution in [-0.2, 0) is 16.6 Å². The maximum atomic E-state index is 12.5. The molecule has 1 heterocycles. The number of para-hydroxylation sites is 1. The van der Waals surface area contributed by atoms with E-state index in [4.69, 9.17) is 0 Å². The first-order valence-corrected chi connectivity index (χ1v) is 6.94. The van der Waals surface area contributed by atoms with E-state index in [2.05, 4.69) is 0 Å². The zero-order valence-corrected chi connectivity index (χ0v) is 10.0. The molecule has 1 aliphatic heterocycles. The van der Waals surface area contributed by atoms with E-state index >= 15 is 0 Å². The van der Waals surface area contributed by atoms with Crippen LogP contribution in [0.1, 0.15) is 5.56 Å². The first-order chi connectivity index (χ1) is 8.01. The SMILES string of the molecule is O=S(=O)(F)CCN1c2ccccc2CC1CO. The number of rotatable bonds is 4. The first kappa shape index (κ1) is 12.3. The van der Waals surface area contributed by atoms with Crippen molar-refractivity contribution in [1.82, 2.24) is 0 Å². The number of nitrogens with zero attached hydrogens (tertiary/aromatic N) is 1. The molecular formula is C11H14FNO3S. The Morgan fingerprint density at radius 3 is 2.76 bits per heavy atom. The molecule has 0 fully saturated rings. The maximum Gasteiger partial charge on any atom is 0.304 e. The van der Waals surface area contributed by atoms with Gasteiger partial charge in [-0.05, 0) is 18.1 Å². The Balaban J connectivity index is 2.19. The summed E-state index contributed by atoms with van der Waals surface area (Å²) < 4.78 is 33.6. The Morgan fingerprint density at radius 2 is 2.12 bits per heavy atom. The summed E-state index contributed by atoms with van der Waals surface area (Å²) in [4.78, 5) is 1.76. The van der Waals surface area contributed by atoms with Gasteiger partial charge in [0.2, 0.25) is 0 Å². The Labute approximate surface area is 99.9 Å². The van der Waals surface area contributed by atoms with Crippen LogP contribution < -0.4 is 4.90 Å². The third-order valence-electron chi connectivity index (χ3n) is 2.98. The van der Waals surface area contributed by atoms with E-state index in [0.717, 1.165) is 11.3 Å². The van der Waals surface area contributed by atoms with E-state index in [1.807, 2.05) is 24.3 Å². The molecule has 0 aromatic heterocycles. The lowest BCUT2D eigenvalue weighted by Crippen LogP contribution is -2.37. The Morgan fingerprint density at radius 1 is 1.41 bits per heavy atom. The monoisotopic (exact) mass is 259 g/mol. The predicted octanol–water partition coefficient (Wildman–Crippen LogP) is 0.709. The van der Waals surface area contributed by atoms with Crippen LogP contribution in [0.25, 0.3) is 0 Å². The van der Waals surface area contributed by atoms with Crippen molar-refractivity contribution in [3.63, 3.8) is 0 Å². The van der Waals surface area contributed by atoms with Gasteiger partial charge in [0, 0.05) is 12.2 Å². The minimum absolute atomic E-state index is 0.0684. The summed E-state index contributed by atoms with van der Waals surface area (Å²) in [5.74, 6) is -0.544. The van der Waals surface area contributed by atoms with Crippen molar-refractivity contribution in [2.45, 2.75) is 12.5 Å². The highest BCUT2D eigenvalue weighted by atomic mass is 32.3. The van der Waals surface area contributed by atoms with Crippen molar-refractivity contribution in [1.29, 1.82) is 0 Å². The van der Waals surface area contributed by atoms with Gasteiger partial charge in [-0.3, -0.25) is 0 Å². The Hall–Kier alpha value is -1.14. The van der Waals surface area contributed by atoms with Gasteiger partial charge in [0.1, 0.15) is 0 Å². The molecule has 4 nitrogen and oxygen atoms in total. The topological polar surface area (TPSA) is 57.6 Å². The molecule has 1 unspecified atom stereocenters. The fourth-order valence-corrected chi connectivity index (χ4v) is 2.61. The molecule has 0 saturated heterocycles. The minimum Gasteiger partial charge on any atom is -0.394 e. The molecule has 1 aromatic rings. The minimum atomic E-state index is -4.47. The van der Waals surface area contributed by atoms with Crippen molar-refractivity contribution in [2.24, 2.45) is 0 Å². The molecule has 0 aliphatic carbocycles. The molecule has 0 bridgehead atoms. The zero-order valence-electron chi connectivity index (χ0n) is 9.21. The van der Waals surface area contributed by atoms with Crippen molar-refractivity contribution >= 4 is 15.9 Å². The van der Waals surface area contributed by atoms with Crippen LogP contribution >= 0.6 is 0 Å². The lowest BCUT2D eigenvalue weighted by atomic mass is 10.1. The summed E-state index contributed by atoms with van der Waals surface area (Å²) in [7, 11) is -4.47. The number of fused-ring (bicyclic) bond motifs is 1. The van der Waals surface area contributed by atoms with Gasteiger partial charge < -0.3 is 10.0 Å². The second-order valence-electron chi connectivity index (χ2n) is 4.11. The summed E-state index contributed by atoms with van der Waals surface area (Å²) >= 11 is 0. The van der Waals surface area contributed by atoms with E-state index in [0.29, 0.717) is 6.42 Å². The average molecular weight is 259 g/mol. The van der Waals surface area contributed by atoms with Gasteiger partial charge in [0.25, 0.3) is 0 Å². The molecule has 6 heteroatoms. The van der Waals surface area contributed by atoms with Gasteiger partial charge >= 0.3 is 10.2 Å². The highest BCUT2D eigenvalue weighted by Crippen LogP contribution is 2.31. The molecule has 0 saturated carbocycles. The van der Waals surface area contributed by atoms with Gasteiger partial charge in [0.05, 0.1) is 18.4 Å². The molecule has 1 aliphatic rings. The average Bonchev–Trinajstić information content (AvgIpc) is 2.63. The Kier molecular flexibility index (Phi) is 3.35. The summed E-state index contributed by atoms with van der Waals surface area (Å²) in [6, 6.07) is 7.37. The fraction of sp³-hybridized carbons (Fsp3) is 0.455.